The highest BCUT2D eigenvalue weighted by Crippen LogP contribution is 2.43. The number of sulfonamides is 1. The molecule has 0 bridgehead atoms. The number of rotatable bonds is 3. The average molecular weight is 203 g/mol. The summed E-state index contributed by atoms with van der Waals surface area (Å²) in [6.07, 6.45) is 1.88. The topological polar surface area (TPSA) is 37.4 Å². The summed E-state index contributed by atoms with van der Waals surface area (Å²) in [5, 5.41) is 1.01. The minimum absolute atomic E-state index is 0.165. The van der Waals surface area contributed by atoms with Gasteiger partial charge in [-0.3, -0.25) is 0 Å². The summed E-state index contributed by atoms with van der Waals surface area (Å²) in [7, 11) is -1.59. The number of hydrogen-bond acceptors (Lipinski definition) is 2. The molecule has 1 aliphatic rings. The van der Waals surface area contributed by atoms with E-state index in [-0.39, 0.29) is 6.04 Å². The maximum atomic E-state index is 11.4. The van der Waals surface area contributed by atoms with E-state index in [1.807, 2.05) is 0 Å². The molecule has 4 heteroatoms. The molecule has 0 atom stereocenters. The van der Waals surface area contributed by atoms with Gasteiger partial charge in [0, 0.05) is 18.5 Å². The molecule has 1 aliphatic carbocycles. The predicted molar refractivity (Wildman–Crippen MR) is 53.7 cm³/mol. The van der Waals surface area contributed by atoms with Gasteiger partial charge in [-0.25, -0.2) is 8.42 Å². The van der Waals surface area contributed by atoms with Crippen molar-refractivity contribution in [1.82, 2.24) is 4.31 Å². The van der Waals surface area contributed by atoms with Gasteiger partial charge in [0.05, 0.1) is 0 Å². The zero-order valence-electron chi connectivity index (χ0n) is 8.45. The van der Waals surface area contributed by atoms with Crippen LogP contribution in [0.4, 0.5) is 0 Å². The van der Waals surface area contributed by atoms with Gasteiger partial charge in [0.2, 0.25) is 10.0 Å². The second kappa shape index (κ2) is 3.10. The first kappa shape index (κ1) is 10.7. The highest BCUT2D eigenvalue weighted by Gasteiger charge is 2.41. The van der Waals surface area contributed by atoms with E-state index in [2.05, 4.69) is 20.4 Å². The molecule has 0 aliphatic heterocycles. The van der Waals surface area contributed by atoms with Crippen molar-refractivity contribution >= 4 is 10.0 Å². The molecule has 0 aromatic carbocycles. The Morgan fingerprint density at radius 1 is 1.46 bits per heavy atom. The molecule has 0 amide bonds. The van der Waals surface area contributed by atoms with Gasteiger partial charge in [-0.1, -0.05) is 20.4 Å². The Balaban J connectivity index is 2.63. The Kier molecular flexibility index (Phi) is 2.56. The van der Waals surface area contributed by atoms with Crippen LogP contribution in [-0.2, 0) is 10.0 Å². The quantitative estimate of drug-likeness (QED) is 0.698. The van der Waals surface area contributed by atoms with Crippen LogP contribution >= 0.6 is 0 Å². The van der Waals surface area contributed by atoms with Gasteiger partial charge in [0.25, 0.3) is 0 Å². The number of hydrogen-bond donors (Lipinski definition) is 0. The van der Waals surface area contributed by atoms with Crippen molar-refractivity contribution in [3.05, 3.63) is 12.0 Å². The normalized spacial score (nSPS) is 22.8. The fourth-order valence-corrected chi connectivity index (χ4v) is 2.60. The summed E-state index contributed by atoms with van der Waals surface area (Å²) in [5.41, 5.74) is 0.301. The second-order valence-corrected chi connectivity index (χ2v) is 6.39. The zero-order chi connectivity index (χ0) is 10.3. The first-order chi connectivity index (χ1) is 5.78. The minimum atomic E-state index is -3.21. The minimum Gasteiger partial charge on any atom is -0.208 e. The van der Waals surface area contributed by atoms with Crippen LogP contribution in [0.3, 0.4) is 0 Å². The van der Waals surface area contributed by atoms with E-state index in [0.29, 0.717) is 5.41 Å². The molecule has 1 rings (SSSR count). The highest BCUT2D eigenvalue weighted by molar-refractivity contribution is 7.92. The van der Waals surface area contributed by atoms with Crippen LogP contribution in [0.15, 0.2) is 12.0 Å². The Bertz CT molecular complexity index is 298. The Morgan fingerprint density at radius 2 is 1.92 bits per heavy atom. The standard InChI is InChI=1S/C9H17NO2S/c1-5-13(11,12)10(4)8-6-9(2,3)7-8/h5,8H,1,6-7H2,2-4H3. The van der Waals surface area contributed by atoms with Crippen LogP contribution in [0.25, 0.3) is 0 Å². The molecule has 0 saturated heterocycles. The number of nitrogens with zero attached hydrogens (tertiary/aromatic N) is 1. The van der Waals surface area contributed by atoms with Gasteiger partial charge in [-0.15, -0.1) is 0 Å². The first-order valence-corrected chi connectivity index (χ1v) is 5.89. The van der Waals surface area contributed by atoms with E-state index >= 15 is 0 Å². The molecule has 1 saturated carbocycles. The first-order valence-electron chi connectivity index (χ1n) is 4.39. The molecule has 13 heavy (non-hydrogen) atoms. The van der Waals surface area contributed by atoms with Crippen molar-refractivity contribution in [2.45, 2.75) is 32.7 Å². The average Bonchev–Trinajstić information content (AvgIpc) is 1.98. The van der Waals surface area contributed by atoms with Gasteiger partial charge in [0.1, 0.15) is 0 Å². The van der Waals surface area contributed by atoms with Crippen molar-refractivity contribution in [3.8, 4) is 0 Å². The van der Waals surface area contributed by atoms with Crippen molar-refractivity contribution in [2.24, 2.45) is 5.41 Å². The predicted octanol–water partition coefficient (Wildman–Crippen LogP) is 1.58. The summed E-state index contributed by atoms with van der Waals surface area (Å²) in [5.74, 6) is 0. The lowest BCUT2D eigenvalue weighted by atomic mass is 9.68. The summed E-state index contributed by atoms with van der Waals surface area (Å²) in [6.45, 7) is 7.60. The summed E-state index contributed by atoms with van der Waals surface area (Å²) < 4.78 is 24.1. The SMILES string of the molecule is C=CS(=O)(=O)N(C)C1CC(C)(C)C1. The lowest BCUT2D eigenvalue weighted by Gasteiger charge is -2.46. The third-order valence-electron chi connectivity index (χ3n) is 2.70. The molecular weight excluding hydrogens is 186 g/mol. The molecule has 0 heterocycles. The largest absolute Gasteiger partial charge is 0.235 e. The third-order valence-corrected chi connectivity index (χ3v) is 4.22. The monoisotopic (exact) mass is 203 g/mol. The molecular formula is C9H17NO2S. The maximum Gasteiger partial charge on any atom is 0.235 e. The Hall–Kier alpha value is -0.350. The molecule has 0 radical (unpaired) electrons. The van der Waals surface area contributed by atoms with Crippen LogP contribution in [-0.4, -0.2) is 25.8 Å². The van der Waals surface area contributed by atoms with Gasteiger partial charge in [0.15, 0.2) is 0 Å². The summed E-state index contributed by atoms with van der Waals surface area (Å²) in [4.78, 5) is 0. The van der Waals surface area contributed by atoms with Crippen molar-refractivity contribution in [3.63, 3.8) is 0 Å². The Labute approximate surface area is 80.5 Å². The van der Waals surface area contributed by atoms with Crippen LogP contribution in [0.1, 0.15) is 26.7 Å². The molecule has 0 aromatic heterocycles. The van der Waals surface area contributed by atoms with Gasteiger partial charge in [-0.2, -0.15) is 4.31 Å². The summed E-state index contributed by atoms with van der Waals surface area (Å²) in [6, 6.07) is 0.165. The van der Waals surface area contributed by atoms with Crippen molar-refractivity contribution < 1.29 is 8.42 Å². The third kappa shape index (κ3) is 2.11. The van der Waals surface area contributed by atoms with E-state index in [1.54, 1.807) is 7.05 Å². The van der Waals surface area contributed by atoms with E-state index in [4.69, 9.17) is 0 Å². The molecule has 0 aromatic rings. The van der Waals surface area contributed by atoms with E-state index in [0.717, 1.165) is 18.2 Å². The molecule has 76 valence electrons. The highest BCUT2D eigenvalue weighted by atomic mass is 32.2. The van der Waals surface area contributed by atoms with Crippen LogP contribution in [0.2, 0.25) is 0 Å². The fraction of sp³-hybridized carbons (Fsp3) is 0.778. The molecule has 3 nitrogen and oxygen atoms in total. The summed E-state index contributed by atoms with van der Waals surface area (Å²) >= 11 is 0. The van der Waals surface area contributed by atoms with Gasteiger partial charge in [-0.05, 0) is 18.3 Å². The van der Waals surface area contributed by atoms with Crippen molar-refractivity contribution in [1.29, 1.82) is 0 Å². The molecule has 0 N–H and O–H groups in total. The van der Waals surface area contributed by atoms with E-state index in [1.165, 1.54) is 4.31 Å². The lowest BCUT2D eigenvalue weighted by molar-refractivity contribution is 0.0864. The van der Waals surface area contributed by atoms with Gasteiger partial charge < -0.3 is 0 Å². The van der Waals surface area contributed by atoms with Crippen LogP contribution in [0.5, 0.6) is 0 Å². The van der Waals surface area contributed by atoms with Crippen molar-refractivity contribution in [2.75, 3.05) is 7.05 Å². The van der Waals surface area contributed by atoms with Crippen LogP contribution in [0, 0.1) is 5.41 Å². The van der Waals surface area contributed by atoms with Crippen LogP contribution < -0.4 is 0 Å². The lowest BCUT2D eigenvalue weighted by Crippen LogP contribution is -2.48. The molecule has 0 unspecified atom stereocenters. The van der Waals surface area contributed by atoms with E-state index < -0.39 is 10.0 Å². The molecule has 0 spiro atoms. The van der Waals surface area contributed by atoms with Gasteiger partial charge >= 0.3 is 0 Å². The Morgan fingerprint density at radius 3 is 2.23 bits per heavy atom. The maximum absolute atomic E-state index is 11.4. The second-order valence-electron chi connectivity index (χ2n) is 4.45. The molecule has 1 fully saturated rings. The van der Waals surface area contributed by atoms with E-state index in [9.17, 15) is 8.42 Å². The fourth-order valence-electron chi connectivity index (χ4n) is 1.80. The smallest absolute Gasteiger partial charge is 0.208 e. The zero-order valence-corrected chi connectivity index (χ0v) is 9.26.